The number of carbonyl (C=O) groups excluding carboxylic acids is 1. The van der Waals surface area contributed by atoms with Crippen molar-refractivity contribution in [1.29, 1.82) is 0 Å². The van der Waals surface area contributed by atoms with Crippen molar-refractivity contribution in [3.63, 3.8) is 0 Å². The summed E-state index contributed by atoms with van der Waals surface area (Å²) in [5.74, 6) is 1.15. The lowest BCUT2D eigenvalue weighted by Crippen LogP contribution is -2.52. The van der Waals surface area contributed by atoms with E-state index in [9.17, 15) is 4.79 Å². The fourth-order valence-electron chi connectivity index (χ4n) is 4.92. The first-order valence-electron chi connectivity index (χ1n) is 11.2. The molecule has 1 spiro atoms. The number of hydrogen-bond donors (Lipinski definition) is 0. The van der Waals surface area contributed by atoms with E-state index in [4.69, 9.17) is 14.2 Å². The third kappa shape index (κ3) is 6.43. The maximum Gasteiger partial charge on any atom is 0.222 e. The molecule has 0 N–H and O–H groups in total. The normalized spacial score (nSPS) is 26.2. The molecule has 0 aromatic carbocycles. The van der Waals surface area contributed by atoms with Gasteiger partial charge >= 0.3 is 0 Å². The molecule has 0 aromatic rings. The number of amides is 1. The maximum absolute atomic E-state index is 12.6. The van der Waals surface area contributed by atoms with Gasteiger partial charge in [0.25, 0.3) is 0 Å². The Kier molecular flexibility index (Phi) is 7.97. The molecular weight excluding hydrogens is 342 g/mol. The highest BCUT2D eigenvalue weighted by Crippen LogP contribution is 2.36. The largest absolute Gasteiger partial charge is 0.376 e. The predicted molar refractivity (Wildman–Crippen MR) is 106 cm³/mol. The Morgan fingerprint density at radius 1 is 1.15 bits per heavy atom. The summed E-state index contributed by atoms with van der Waals surface area (Å²) in [7, 11) is 0. The van der Waals surface area contributed by atoms with Crippen LogP contribution >= 0.6 is 0 Å². The van der Waals surface area contributed by atoms with Gasteiger partial charge in [-0.15, -0.1) is 0 Å². The molecule has 0 radical (unpaired) electrons. The maximum atomic E-state index is 12.6. The van der Waals surface area contributed by atoms with Crippen LogP contribution in [-0.4, -0.2) is 61.5 Å². The summed E-state index contributed by atoms with van der Waals surface area (Å²) in [6, 6.07) is 0. The molecule has 1 atom stereocenters. The lowest BCUT2D eigenvalue weighted by molar-refractivity contribution is -0.163. The number of hydrogen-bond acceptors (Lipinski definition) is 4. The molecule has 1 amide bonds. The van der Waals surface area contributed by atoms with Crippen LogP contribution < -0.4 is 0 Å². The standard InChI is InChI=1S/C22H39NO4/c1-18(2)25-15-16-26-20-9-14-27-22(17-20)10-12-23(13-11-22)21(24)8-7-19-5-3-4-6-19/h18-20H,3-17H2,1-2H3. The van der Waals surface area contributed by atoms with Gasteiger partial charge in [-0.05, 0) is 45.4 Å². The molecule has 2 heterocycles. The van der Waals surface area contributed by atoms with E-state index >= 15 is 0 Å². The van der Waals surface area contributed by atoms with Gasteiger partial charge in [0.1, 0.15) is 0 Å². The lowest BCUT2D eigenvalue weighted by Gasteiger charge is -2.46. The van der Waals surface area contributed by atoms with Crippen molar-refractivity contribution in [2.75, 3.05) is 32.9 Å². The molecule has 156 valence electrons. The molecule has 3 aliphatic rings. The molecule has 0 bridgehead atoms. The fraction of sp³-hybridized carbons (Fsp3) is 0.955. The second kappa shape index (κ2) is 10.2. The Morgan fingerprint density at radius 2 is 1.89 bits per heavy atom. The zero-order valence-electron chi connectivity index (χ0n) is 17.4. The summed E-state index contributed by atoms with van der Waals surface area (Å²) >= 11 is 0. The van der Waals surface area contributed by atoms with Gasteiger partial charge in [-0.25, -0.2) is 0 Å². The van der Waals surface area contributed by atoms with E-state index in [1.165, 1.54) is 25.7 Å². The van der Waals surface area contributed by atoms with Crippen molar-refractivity contribution < 1.29 is 19.0 Å². The van der Waals surface area contributed by atoms with Crippen LogP contribution in [0.4, 0.5) is 0 Å². The first kappa shape index (κ1) is 21.1. The van der Waals surface area contributed by atoms with E-state index in [0.29, 0.717) is 19.1 Å². The van der Waals surface area contributed by atoms with Crippen molar-refractivity contribution >= 4 is 5.91 Å². The van der Waals surface area contributed by atoms with Crippen molar-refractivity contribution in [1.82, 2.24) is 4.90 Å². The summed E-state index contributed by atoms with van der Waals surface area (Å²) in [5, 5.41) is 0. The topological polar surface area (TPSA) is 48.0 Å². The molecule has 27 heavy (non-hydrogen) atoms. The van der Waals surface area contributed by atoms with Crippen LogP contribution in [0.2, 0.25) is 0 Å². The third-order valence-electron chi connectivity index (χ3n) is 6.60. The highest BCUT2D eigenvalue weighted by atomic mass is 16.5. The first-order valence-corrected chi connectivity index (χ1v) is 11.2. The Balaban J connectivity index is 1.37. The van der Waals surface area contributed by atoms with Crippen LogP contribution in [0.5, 0.6) is 0 Å². The van der Waals surface area contributed by atoms with Gasteiger partial charge in [-0.2, -0.15) is 0 Å². The second-order valence-corrected chi connectivity index (χ2v) is 9.01. The second-order valence-electron chi connectivity index (χ2n) is 9.01. The monoisotopic (exact) mass is 381 g/mol. The molecule has 2 aliphatic heterocycles. The molecule has 3 fully saturated rings. The average molecular weight is 382 g/mol. The molecule has 1 unspecified atom stereocenters. The average Bonchev–Trinajstić information content (AvgIpc) is 3.18. The van der Waals surface area contributed by atoms with E-state index in [1.807, 2.05) is 13.8 Å². The number of likely N-dealkylation sites (tertiary alicyclic amines) is 1. The number of nitrogens with zero attached hydrogens (tertiary/aromatic N) is 1. The number of rotatable bonds is 8. The molecule has 1 aliphatic carbocycles. The summed E-state index contributed by atoms with van der Waals surface area (Å²) in [5.41, 5.74) is -0.0793. The van der Waals surface area contributed by atoms with Crippen molar-refractivity contribution in [3.8, 4) is 0 Å². The van der Waals surface area contributed by atoms with Crippen LogP contribution in [0.3, 0.4) is 0 Å². The smallest absolute Gasteiger partial charge is 0.222 e. The number of piperidine rings is 1. The van der Waals surface area contributed by atoms with E-state index in [-0.39, 0.29) is 17.8 Å². The minimum Gasteiger partial charge on any atom is -0.376 e. The molecule has 5 heteroatoms. The molecule has 5 nitrogen and oxygen atoms in total. The SMILES string of the molecule is CC(C)OCCOC1CCOC2(CCN(C(=O)CCC3CCCC3)CC2)C1. The Labute approximate surface area is 165 Å². The Hall–Kier alpha value is -0.650. The minimum absolute atomic E-state index is 0.0793. The summed E-state index contributed by atoms with van der Waals surface area (Å²) < 4.78 is 17.8. The Bertz CT molecular complexity index is 453. The minimum atomic E-state index is -0.0793. The van der Waals surface area contributed by atoms with Gasteiger partial charge in [0.15, 0.2) is 0 Å². The van der Waals surface area contributed by atoms with Crippen LogP contribution in [0.25, 0.3) is 0 Å². The zero-order valence-corrected chi connectivity index (χ0v) is 17.4. The quantitative estimate of drug-likeness (QED) is 0.598. The molecule has 0 aromatic heterocycles. The predicted octanol–water partition coefficient (Wildman–Crippen LogP) is 3.94. The van der Waals surface area contributed by atoms with Gasteiger partial charge in [-0.3, -0.25) is 4.79 Å². The first-order chi connectivity index (χ1) is 13.1. The van der Waals surface area contributed by atoms with E-state index in [2.05, 4.69) is 4.90 Å². The number of carbonyl (C=O) groups is 1. The highest BCUT2D eigenvalue weighted by molar-refractivity contribution is 5.76. The molecule has 2 saturated heterocycles. The molecular formula is C22H39NO4. The summed E-state index contributed by atoms with van der Waals surface area (Å²) in [6.45, 7) is 7.86. The van der Waals surface area contributed by atoms with Crippen LogP contribution in [0.15, 0.2) is 0 Å². The molecule has 3 rings (SSSR count). The van der Waals surface area contributed by atoms with Crippen LogP contribution in [0, 0.1) is 5.92 Å². The fourth-order valence-corrected chi connectivity index (χ4v) is 4.92. The molecule has 1 saturated carbocycles. The van der Waals surface area contributed by atoms with Crippen molar-refractivity contribution in [3.05, 3.63) is 0 Å². The van der Waals surface area contributed by atoms with Gasteiger partial charge in [0, 0.05) is 32.5 Å². The van der Waals surface area contributed by atoms with Gasteiger partial charge < -0.3 is 19.1 Å². The summed E-state index contributed by atoms with van der Waals surface area (Å²) in [6.07, 6.45) is 11.5. The van der Waals surface area contributed by atoms with Gasteiger partial charge in [0.05, 0.1) is 31.0 Å². The van der Waals surface area contributed by atoms with E-state index in [0.717, 1.165) is 64.1 Å². The van der Waals surface area contributed by atoms with Gasteiger partial charge in [-0.1, -0.05) is 25.7 Å². The highest BCUT2D eigenvalue weighted by Gasteiger charge is 2.41. The Morgan fingerprint density at radius 3 is 2.59 bits per heavy atom. The summed E-state index contributed by atoms with van der Waals surface area (Å²) in [4.78, 5) is 14.6. The van der Waals surface area contributed by atoms with Crippen LogP contribution in [-0.2, 0) is 19.0 Å². The van der Waals surface area contributed by atoms with E-state index < -0.39 is 0 Å². The lowest BCUT2D eigenvalue weighted by atomic mass is 9.83. The van der Waals surface area contributed by atoms with Gasteiger partial charge in [0.2, 0.25) is 5.91 Å². The number of ether oxygens (including phenoxy) is 3. The van der Waals surface area contributed by atoms with Crippen molar-refractivity contribution in [2.45, 2.75) is 95.9 Å². The third-order valence-corrected chi connectivity index (χ3v) is 6.60. The van der Waals surface area contributed by atoms with Crippen LogP contribution in [0.1, 0.15) is 78.1 Å². The van der Waals surface area contributed by atoms with Crippen molar-refractivity contribution in [2.24, 2.45) is 5.92 Å². The zero-order chi connectivity index (χ0) is 19.1. The van der Waals surface area contributed by atoms with E-state index in [1.54, 1.807) is 0 Å².